The summed E-state index contributed by atoms with van der Waals surface area (Å²) in [6.45, 7) is 4.51. The van der Waals surface area contributed by atoms with Crippen molar-refractivity contribution in [3.05, 3.63) is 23.9 Å². The van der Waals surface area contributed by atoms with E-state index in [4.69, 9.17) is 14.7 Å². The Labute approximate surface area is 95.8 Å². The molecule has 1 aromatic heterocycles. The van der Waals surface area contributed by atoms with Crippen LogP contribution in [0.3, 0.4) is 0 Å². The molecule has 1 rings (SSSR count). The normalized spacial score (nSPS) is 10.9. The second kappa shape index (κ2) is 5.47. The van der Waals surface area contributed by atoms with Gasteiger partial charge in [0.05, 0.1) is 23.8 Å². The fourth-order valence-electron chi connectivity index (χ4n) is 1.06. The third kappa shape index (κ3) is 3.87. The van der Waals surface area contributed by atoms with Gasteiger partial charge < -0.3 is 9.47 Å². The van der Waals surface area contributed by atoms with Crippen LogP contribution in [0.2, 0.25) is 0 Å². The third-order valence-corrected chi connectivity index (χ3v) is 2.37. The van der Waals surface area contributed by atoms with Crippen molar-refractivity contribution in [2.75, 3.05) is 13.7 Å². The smallest absolute Gasteiger partial charge is 0.214 e. The van der Waals surface area contributed by atoms with Crippen molar-refractivity contribution in [3.63, 3.8) is 0 Å². The highest BCUT2D eigenvalue weighted by atomic mass is 16.5. The lowest BCUT2D eigenvalue weighted by molar-refractivity contribution is 0.00509. The molecule has 0 aromatic carbocycles. The van der Waals surface area contributed by atoms with Crippen LogP contribution in [0.4, 0.5) is 0 Å². The lowest BCUT2D eigenvalue weighted by atomic mass is 10.1. The van der Waals surface area contributed by atoms with E-state index < -0.39 is 0 Å². The van der Waals surface area contributed by atoms with Gasteiger partial charge in [-0.25, -0.2) is 4.98 Å². The fourth-order valence-corrected chi connectivity index (χ4v) is 1.06. The summed E-state index contributed by atoms with van der Waals surface area (Å²) in [5, 5.41) is 8.70. The number of hydrogen-bond acceptors (Lipinski definition) is 4. The van der Waals surface area contributed by atoms with Gasteiger partial charge in [-0.3, -0.25) is 0 Å². The van der Waals surface area contributed by atoms with E-state index in [1.807, 2.05) is 19.9 Å². The number of rotatable bonds is 5. The van der Waals surface area contributed by atoms with Crippen LogP contribution in [0.5, 0.6) is 5.88 Å². The molecular formula is C12H16N2O2. The molecule has 0 aliphatic carbocycles. The SMILES string of the molecule is COC(C)(C)CCOc1cc(C#N)ccn1. The van der Waals surface area contributed by atoms with Crippen molar-refractivity contribution in [1.82, 2.24) is 4.98 Å². The molecule has 0 atom stereocenters. The molecule has 1 heterocycles. The summed E-state index contributed by atoms with van der Waals surface area (Å²) in [6, 6.07) is 5.31. The maximum absolute atomic E-state index is 8.70. The molecule has 0 N–H and O–H groups in total. The average molecular weight is 220 g/mol. The Kier molecular flexibility index (Phi) is 4.27. The minimum atomic E-state index is -0.202. The molecule has 0 spiro atoms. The highest BCUT2D eigenvalue weighted by Crippen LogP contribution is 2.14. The van der Waals surface area contributed by atoms with Crippen LogP contribution >= 0.6 is 0 Å². The summed E-state index contributed by atoms with van der Waals surface area (Å²) >= 11 is 0. The van der Waals surface area contributed by atoms with Crippen molar-refractivity contribution in [1.29, 1.82) is 5.26 Å². The van der Waals surface area contributed by atoms with Crippen LogP contribution in [0.25, 0.3) is 0 Å². The van der Waals surface area contributed by atoms with Gasteiger partial charge in [0.15, 0.2) is 0 Å². The Hall–Kier alpha value is -1.60. The van der Waals surface area contributed by atoms with Gasteiger partial charge in [-0.1, -0.05) is 0 Å². The number of nitrogens with zero attached hydrogens (tertiary/aromatic N) is 2. The number of hydrogen-bond donors (Lipinski definition) is 0. The van der Waals surface area contributed by atoms with Crippen molar-refractivity contribution in [3.8, 4) is 11.9 Å². The fraction of sp³-hybridized carbons (Fsp3) is 0.500. The molecule has 0 fully saturated rings. The van der Waals surface area contributed by atoms with Gasteiger partial charge in [-0.2, -0.15) is 5.26 Å². The second-order valence-corrected chi connectivity index (χ2v) is 4.06. The standard InChI is InChI=1S/C12H16N2O2/c1-12(2,15-3)5-7-16-11-8-10(9-13)4-6-14-11/h4,6,8H,5,7H2,1-3H3. The number of pyridine rings is 1. The molecule has 0 radical (unpaired) electrons. The maximum atomic E-state index is 8.70. The van der Waals surface area contributed by atoms with E-state index in [-0.39, 0.29) is 5.60 Å². The van der Waals surface area contributed by atoms with E-state index in [9.17, 15) is 0 Å². The predicted octanol–water partition coefficient (Wildman–Crippen LogP) is 2.15. The molecule has 4 nitrogen and oxygen atoms in total. The van der Waals surface area contributed by atoms with E-state index in [1.165, 1.54) is 0 Å². The highest BCUT2D eigenvalue weighted by Gasteiger charge is 2.16. The zero-order chi connectivity index (χ0) is 12.0. The minimum Gasteiger partial charge on any atom is -0.478 e. The molecule has 0 aliphatic rings. The monoisotopic (exact) mass is 220 g/mol. The molecule has 0 aliphatic heterocycles. The van der Waals surface area contributed by atoms with E-state index in [0.717, 1.165) is 6.42 Å². The number of methoxy groups -OCH3 is 1. The van der Waals surface area contributed by atoms with Crippen LogP contribution in [-0.4, -0.2) is 24.3 Å². The van der Waals surface area contributed by atoms with Gasteiger partial charge in [0.2, 0.25) is 5.88 Å². The molecular weight excluding hydrogens is 204 g/mol. The van der Waals surface area contributed by atoms with Gasteiger partial charge in [0, 0.05) is 25.8 Å². The first-order valence-electron chi connectivity index (χ1n) is 5.11. The van der Waals surface area contributed by atoms with E-state index in [0.29, 0.717) is 18.1 Å². The van der Waals surface area contributed by atoms with Gasteiger partial charge in [0.1, 0.15) is 0 Å². The first-order chi connectivity index (χ1) is 7.57. The van der Waals surface area contributed by atoms with Crippen LogP contribution in [0.15, 0.2) is 18.3 Å². The topological polar surface area (TPSA) is 55.1 Å². The van der Waals surface area contributed by atoms with Gasteiger partial charge in [-0.15, -0.1) is 0 Å². The van der Waals surface area contributed by atoms with Crippen molar-refractivity contribution >= 4 is 0 Å². The highest BCUT2D eigenvalue weighted by molar-refractivity contribution is 5.31. The van der Waals surface area contributed by atoms with Crippen LogP contribution in [0.1, 0.15) is 25.8 Å². The van der Waals surface area contributed by atoms with Gasteiger partial charge in [0.25, 0.3) is 0 Å². The quantitative estimate of drug-likeness (QED) is 0.763. The molecule has 0 saturated carbocycles. The Morgan fingerprint density at radius 3 is 2.88 bits per heavy atom. The van der Waals surface area contributed by atoms with Crippen molar-refractivity contribution in [2.24, 2.45) is 0 Å². The number of aromatic nitrogens is 1. The molecule has 0 saturated heterocycles. The lowest BCUT2D eigenvalue weighted by Gasteiger charge is -2.22. The van der Waals surface area contributed by atoms with Crippen LogP contribution in [-0.2, 0) is 4.74 Å². The van der Waals surface area contributed by atoms with E-state index in [2.05, 4.69) is 4.98 Å². The number of nitriles is 1. The number of ether oxygens (including phenoxy) is 2. The van der Waals surface area contributed by atoms with E-state index in [1.54, 1.807) is 25.4 Å². The summed E-state index contributed by atoms with van der Waals surface area (Å²) in [5.41, 5.74) is 0.350. The third-order valence-electron chi connectivity index (χ3n) is 2.37. The molecule has 0 bridgehead atoms. The zero-order valence-corrected chi connectivity index (χ0v) is 9.86. The van der Waals surface area contributed by atoms with Crippen LogP contribution in [0, 0.1) is 11.3 Å². The maximum Gasteiger partial charge on any atom is 0.214 e. The second-order valence-electron chi connectivity index (χ2n) is 4.06. The molecule has 86 valence electrons. The van der Waals surface area contributed by atoms with Crippen molar-refractivity contribution < 1.29 is 9.47 Å². The summed E-state index contributed by atoms with van der Waals surface area (Å²) < 4.78 is 10.7. The van der Waals surface area contributed by atoms with Gasteiger partial charge >= 0.3 is 0 Å². The molecule has 4 heteroatoms. The lowest BCUT2D eigenvalue weighted by Crippen LogP contribution is -2.25. The summed E-state index contributed by atoms with van der Waals surface area (Å²) in [4.78, 5) is 4.02. The van der Waals surface area contributed by atoms with Crippen molar-refractivity contribution in [2.45, 2.75) is 25.9 Å². The first-order valence-corrected chi connectivity index (χ1v) is 5.11. The van der Waals surface area contributed by atoms with Crippen LogP contribution < -0.4 is 4.74 Å². The Balaban J connectivity index is 2.46. The Morgan fingerprint density at radius 2 is 2.25 bits per heavy atom. The largest absolute Gasteiger partial charge is 0.478 e. The molecule has 0 unspecified atom stereocenters. The predicted molar refractivity (Wildman–Crippen MR) is 60.2 cm³/mol. The molecule has 16 heavy (non-hydrogen) atoms. The average Bonchev–Trinajstić information content (AvgIpc) is 2.29. The molecule has 1 aromatic rings. The zero-order valence-electron chi connectivity index (χ0n) is 9.86. The summed E-state index contributed by atoms with van der Waals surface area (Å²) in [7, 11) is 1.68. The Bertz CT molecular complexity index is 383. The summed E-state index contributed by atoms with van der Waals surface area (Å²) in [6.07, 6.45) is 2.33. The Morgan fingerprint density at radius 1 is 1.50 bits per heavy atom. The van der Waals surface area contributed by atoms with E-state index >= 15 is 0 Å². The molecule has 0 amide bonds. The minimum absolute atomic E-state index is 0.202. The first kappa shape index (κ1) is 12.5. The van der Waals surface area contributed by atoms with Gasteiger partial charge in [-0.05, 0) is 19.9 Å². The summed E-state index contributed by atoms with van der Waals surface area (Å²) in [5.74, 6) is 0.478.